The first-order chi connectivity index (χ1) is 8.09. The molecule has 0 saturated heterocycles. The van der Waals surface area contributed by atoms with E-state index in [1.54, 1.807) is 11.3 Å². The van der Waals surface area contributed by atoms with Gasteiger partial charge >= 0.3 is 5.97 Å². The van der Waals surface area contributed by atoms with E-state index in [1.165, 1.54) is 11.3 Å². The van der Waals surface area contributed by atoms with E-state index in [0.29, 0.717) is 5.69 Å². The maximum atomic E-state index is 11.2. The maximum absolute atomic E-state index is 11.2. The lowest BCUT2D eigenvalue weighted by Gasteiger charge is -2.12. The predicted octanol–water partition coefficient (Wildman–Crippen LogP) is 3.70. The molecule has 1 unspecified atom stereocenters. The largest absolute Gasteiger partial charge is 0.481 e. The van der Waals surface area contributed by atoms with Gasteiger partial charge in [0.05, 0.1) is 10.6 Å². The van der Waals surface area contributed by atoms with Crippen molar-refractivity contribution >= 4 is 28.6 Å². The monoisotopic (exact) mass is 267 g/mol. The van der Waals surface area contributed by atoms with Crippen LogP contribution >= 0.6 is 22.7 Å². The number of carboxylic acid groups (broad SMARTS) is 1. The van der Waals surface area contributed by atoms with Crippen LogP contribution in [0.3, 0.4) is 0 Å². The van der Waals surface area contributed by atoms with Crippen LogP contribution in [0.25, 0.3) is 9.88 Å². The van der Waals surface area contributed by atoms with E-state index in [0.717, 1.165) is 9.88 Å². The van der Waals surface area contributed by atoms with Gasteiger partial charge in [-0.25, -0.2) is 4.98 Å². The number of thiophene rings is 1. The van der Waals surface area contributed by atoms with Crippen LogP contribution in [-0.2, 0) is 4.79 Å². The van der Waals surface area contributed by atoms with Gasteiger partial charge in [0.15, 0.2) is 0 Å². The molecule has 0 aliphatic heterocycles. The SMILES string of the molecule is CC(C)C(C(=O)O)c1csc(-c2cccs2)n1. The molecule has 2 aromatic heterocycles. The minimum Gasteiger partial charge on any atom is -0.481 e. The van der Waals surface area contributed by atoms with Gasteiger partial charge in [0.2, 0.25) is 0 Å². The second-order valence-corrected chi connectivity index (χ2v) is 5.92. The van der Waals surface area contributed by atoms with Crippen molar-refractivity contribution in [1.82, 2.24) is 4.98 Å². The van der Waals surface area contributed by atoms with Crippen LogP contribution in [0.1, 0.15) is 25.5 Å². The van der Waals surface area contributed by atoms with E-state index < -0.39 is 11.9 Å². The molecule has 1 atom stereocenters. The van der Waals surface area contributed by atoms with Gasteiger partial charge in [0.25, 0.3) is 0 Å². The minimum absolute atomic E-state index is 0.0470. The summed E-state index contributed by atoms with van der Waals surface area (Å²) in [6.07, 6.45) is 0. The van der Waals surface area contributed by atoms with Gasteiger partial charge in [-0.15, -0.1) is 22.7 Å². The van der Waals surface area contributed by atoms with Crippen LogP contribution in [0.4, 0.5) is 0 Å². The number of nitrogens with zero attached hydrogens (tertiary/aromatic N) is 1. The number of aliphatic carboxylic acids is 1. The molecule has 0 saturated carbocycles. The van der Waals surface area contributed by atoms with Gasteiger partial charge in [0, 0.05) is 5.38 Å². The molecule has 0 aromatic carbocycles. The summed E-state index contributed by atoms with van der Waals surface area (Å²) in [5.74, 6) is -1.27. The third-order valence-corrected chi connectivity index (χ3v) is 4.40. The normalized spacial score (nSPS) is 12.9. The van der Waals surface area contributed by atoms with Gasteiger partial charge in [-0.2, -0.15) is 0 Å². The molecule has 17 heavy (non-hydrogen) atoms. The Morgan fingerprint density at radius 1 is 1.41 bits per heavy atom. The maximum Gasteiger partial charge on any atom is 0.312 e. The zero-order valence-electron chi connectivity index (χ0n) is 9.58. The fraction of sp³-hybridized carbons (Fsp3) is 0.333. The second-order valence-electron chi connectivity index (χ2n) is 4.11. The second kappa shape index (κ2) is 4.98. The molecule has 0 spiro atoms. The van der Waals surface area contributed by atoms with Crippen molar-refractivity contribution in [3.05, 3.63) is 28.6 Å². The zero-order valence-corrected chi connectivity index (χ0v) is 11.2. The topological polar surface area (TPSA) is 50.2 Å². The number of carbonyl (C=O) groups is 1. The Morgan fingerprint density at radius 2 is 2.18 bits per heavy atom. The number of carboxylic acids is 1. The summed E-state index contributed by atoms with van der Waals surface area (Å²) in [6.45, 7) is 3.81. The fourth-order valence-electron chi connectivity index (χ4n) is 1.70. The molecule has 2 heterocycles. The highest BCUT2D eigenvalue weighted by Gasteiger charge is 2.26. The van der Waals surface area contributed by atoms with Crippen molar-refractivity contribution in [2.45, 2.75) is 19.8 Å². The lowest BCUT2D eigenvalue weighted by atomic mass is 9.93. The average Bonchev–Trinajstić information content (AvgIpc) is 2.83. The molecule has 0 bridgehead atoms. The molecule has 2 rings (SSSR count). The van der Waals surface area contributed by atoms with Crippen LogP contribution in [0.15, 0.2) is 22.9 Å². The molecule has 0 fully saturated rings. The number of hydrogen-bond acceptors (Lipinski definition) is 4. The first-order valence-electron chi connectivity index (χ1n) is 5.31. The number of hydrogen-bond donors (Lipinski definition) is 1. The standard InChI is InChI=1S/C12H13NO2S2/c1-7(2)10(12(14)15)8-6-17-11(13-8)9-4-3-5-16-9/h3-7,10H,1-2H3,(H,14,15). The Bertz CT molecular complexity index is 502. The Morgan fingerprint density at radius 3 is 2.71 bits per heavy atom. The summed E-state index contributed by atoms with van der Waals surface area (Å²) in [5, 5.41) is 14.0. The molecule has 3 nitrogen and oxygen atoms in total. The minimum atomic E-state index is -0.803. The Labute approximate surface area is 108 Å². The molecule has 0 amide bonds. The smallest absolute Gasteiger partial charge is 0.312 e. The number of rotatable bonds is 4. The van der Waals surface area contributed by atoms with E-state index in [4.69, 9.17) is 0 Å². The predicted molar refractivity (Wildman–Crippen MR) is 70.6 cm³/mol. The van der Waals surface area contributed by atoms with Crippen molar-refractivity contribution in [1.29, 1.82) is 0 Å². The Balaban J connectivity index is 2.31. The van der Waals surface area contributed by atoms with Crippen molar-refractivity contribution in [3.8, 4) is 9.88 Å². The van der Waals surface area contributed by atoms with Crippen molar-refractivity contribution in [2.24, 2.45) is 5.92 Å². The fourth-order valence-corrected chi connectivity index (χ4v) is 3.37. The van der Waals surface area contributed by atoms with Gasteiger partial charge in [0.1, 0.15) is 10.9 Å². The van der Waals surface area contributed by atoms with E-state index in [2.05, 4.69) is 4.98 Å². The van der Waals surface area contributed by atoms with Gasteiger partial charge in [-0.05, 0) is 17.4 Å². The zero-order chi connectivity index (χ0) is 12.4. The first-order valence-corrected chi connectivity index (χ1v) is 7.07. The molecule has 0 aliphatic rings. The summed E-state index contributed by atoms with van der Waals surface area (Å²) in [6, 6.07) is 3.97. The van der Waals surface area contributed by atoms with E-state index in [1.807, 2.05) is 36.7 Å². The van der Waals surface area contributed by atoms with E-state index in [-0.39, 0.29) is 5.92 Å². The van der Waals surface area contributed by atoms with Crippen LogP contribution in [0, 0.1) is 5.92 Å². The van der Waals surface area contributed by atoms with Crippen molar-refractivity contribution in [2.75, 3.05) is 0 Å². The Kier molecular flexibility index (Phi) is 3.59. The number of aromatic nitrogens is 1. The quantitative estimate of drug-likeness (QED) is 0.919. The van der Waals surface area contributed by atoms with E-state index in [9.17, 15) is 9.90 Å². The average molecular weight is 267 g/mol. The van der Waals surface area contributed by atoms with E-state index >= 15 is 0 Å². The molecule has 0 radical (unpaired) electrons. The molecule has 5 heteroatoms. The molecule has 90 valence electrons. The summed E-state index contributed by atoms with van der Waals surface area (Å²) < 4.78 is 0. The summed E-state index contributed by atoms with van der Waals surface area (Å²) >= 11 is 3.12. The lowest BCUT2D eigenvalue weighted by molar-refractivity contribution is -0.139. The highest BCUT2D eigenvalue weighted by Crippen LogP contribution is 2.32. The van der Waals surface area contributed by atoms with Crippen molar-refractivity contribution in [3.63, 3.8) is 0 Å². The van der Waals surface area contributed by atoms with Gasteiger partial charge in [-0.3, -0.25) is 4.79 Å². The molecular weight excluding hydrogens is 254 g/mol. The van der Waals surface area contributed by atoms with Crippen LogP contribution in [0.2, 0.25) is 0 Å². The molecular formula is C12H13NO2S2. The van der Waals surface area contributed by atoms with Gasteiger partial charge < -0.3 is 5.11 Å². The number of thiazole rings is 1. The highest BCUT2D eigenvalue weighted by molar-refractivity contribution is 7.20. The molecule has 2 aromatic rings. The third-order valence-electron chi connectivity index (χ3n) is 2.51. The highest BCUT2D eigenvalue weighted by atomic mass is 32.1. The summed E-state index contributed by atoms with van der Waals surface area (Å²) in [7, 11) is 0. The lowest BCUT2D eigenvalue weighted by Crippen LogP contribution is -2.17. The van der Waals surface area contributed by atoms with Crippen molar-refractivity contribution < 1.29 is 9.90 Å². The van der Waals surface area contributed by atoms with Crippen LogP contribution in [-0.4, -0.2) is 16.1 Å². The van der Waals surface area contributed by atoms with Crippen LogP contribution < -0.4 is 0 Å². The molecule has 1 N–H and O–H groups in total. The van der Waals surface area contributed by atoms with Crippen LogP contribution in [0.5, 0.6) is 0 Å². The first kappa shape index (κ1) is 12.3. The molecule has 0 aliphatic carbocycles. The summed E-state index contributed by atoms with van der Waals surface area (Å²) in [5.41, 5.74) is 0.668. The third kappa shape index (κ3) is 2.56. The van der Waals surface area contributed by atoms with Gasteiger partial charge in [-0.1, -0.05) is 19.9 Å². The Hall–Kier alpha value is -1.20. The summed E-state index contributed by atoms with van der Waals surface area (Å²) in [4.78, 5) is 16.7.